The summed E-state index contributed by atoms with van der Waals surface area (Å²) in [7, 11) is 0. The third kappa shape index (κ3) is 2.76. The molecule has 0 aromatic carbocycles. The van der Waals surface area contributed by atoms with Crippen molar-refractivity contribution < 1.29 is 9.59 Å². The Morgan fingerprint density at radius 1 is 1.40 bits per heavy atom. The zero-order valence-electron chi connectivity index (χ0n) is 6.43. The van der Waals surface area contributed by atoms with Crippen molar-refractivity contribution in [3.63, 3.8) is 0 Å². The Hall–Kier alpha value is -0.660. The van der Waals surface area contributed by atoms with Gasteiger partial charge in [0, 0.05) is 12.3 Å². The van der Waals surface area contributed by atoms with Crippen molar-refractivity contribution in [3.8, 4) is 0 Å². The molecule has 58 valence electrons. The summed E-state index contributed by atoms with van der Waals surface area (Å²) in [5.74, 6) is 0.833. The Bertz CT molecular complexity index is 110. The average Bonchev–Trinajstić information content (AvgIpc) is 2.00. The molecule has 1 saturated carbocycles. The zero-order chi connectivity index (χ0) is 7.98. The summed E-state index contributed by atoms with van der Waals surface area (Å²) < 4.78 is 0. The van der Waals surface area contributed by atoms with Crippen LogP contribution in [0.25, 0.3) is 0 Å². The van der Waals surface area contributed by atoms with Crippen LogP contribution in [0.15, 0.2) is 0 Å². The fourth-order valence-corrected chi connectivity index (χ4v) is 1.16. The highest BCUT2D eigenvalue weighted by Crippen LogP contribution is 2.18. The molecular weight excluding hydrogens is 128 g/mol. The van der Waals surface area contributed by atoms with E-state index in [4.69, 9.17) is 4.79 Å². The molecule has 1 fully saturated rings. The molecule has 0 heterocycles. The molecule has 0 aromatic heterocycles. The number of carbonyl (C=O) groups is 2. The molecule has 0 aliphatic heterocycles. The normalized spacial score (nSPS) is 24.9. The quantitative estimate of drug-likeness (QED) is 0.514. The monoisotopic (exact) mass is 142 g/mol. The predicted octanol–water partition coefficient (Wildman–Crippen LogP) is 1.58. The largest absolute Gasteiger partial charge is 0.307 e. The van der Waals surface area contributed by atoms with Crippen molar-refractivity contribution in [2.45, 2.75) is 32.6 Å². The van der Waals surface area contributed by atoms with Gasteiger partial charge in [-0.25, -0.2) is 0 Å². The number of hydrogen-bond donors (Lipinski definition) is 0. The van der Waals surface area contributed by atoms with E-state index in [0.717, 1.165) is 19.3 Å². The van der Waals surface area contributed by atoms with E-state index in [1.54, 1.807) is 0 Å². The molecule has 1 aliphatic rings. The first-order chi connectivity index (χ1) is 4.80. The fourth-order valence-electron chi connectivity index (χ4n) is 1.16. The molecule has 1 atom stereocenters. The topological polar surface area (TPSA) is 34.1 Å². The SMILES string of the molecule is C=O.CC1CCCCC1=O. The van der Waals surface area contributed by atoms with Crippen molar-refractivity contribution >= 4 is 12.6 Å². The minimum absolute atomic E-state index is 0.365. The second-order valence-electron chi connectivity index (χ2n) is 2.61. The maximum absolute atomic E-state index is 10.8. The second-order valence-corrected chi connectivity index (χ2v) is 2.61. The van der Waals surface area contributed by atoms with Crippen LogP contribution < -0.4 is 0 Å². The third-order valence-electron chi connectivity index (χ3n) is 1.86. The first kappa shape index (κ1) is 9.34. The molecule has 10 heavy (non-hydrogen) atoms. The molecular formula is C8H14O2. The van der Waals surface area contributed by atoms with Gasteiger partial charge in [0.2, 0.25) is 0 Å². The predicted molar refractivity (Wildman–Crippen MR) is 39.8 cm³/mol. The zero-order valence-corrected chi connectivity index (χ0v) is 6.43. The van der Waals surface area contributed by atoms with Crippen LogP contribution in [0.1, 0.15) is 32.6 Å². The molecule has 0 radical (unpaired) electrons. The van der Waals surface area contributed by atoms with E-state index < -0.39 is 0 Å². The summed E-state index contributed by atoms with van der Waals surface area (Å²) in [6.07, 6.45) is 4.34. The van der Waals surface area contributed by atoms with Crippen molar-refractivity contribution in [2.75, 3.05) is 0 Å². The van der Waals surface area contributed by atoms with Gasteiger partial charge in [-0.15, -0.1) is 0 Å². The Balaban J connectivity index is 0.000000371. The van der Waals surface area contributed by atoms with Crippen LogP contribution in [-0.2, 0) is 9.59 Å². The van der Waals surface area contributed by atoms with E-state index in [-0.39, 0.29) is 0 Å². The first-order valence-electron chi connectivity index (χ1n) is 3.62. The highest BCUT2D eigenvalue weighted by molar-refractivity contribution is 5.81. The highest BCUT2D eigenvalue weighted by Gasteiger charge is 2.16. The van der Waals surface area contributed by atoms with E-state index in [9.17, 15) is 4.79 Å². The van der Waals surface area contributed by atoms with E-state index in [1.807, 2.05) is 13.7 Å². The van der Waals surface area contributed by atoms with Gasteiger partial charge >= 0.3 is 0 Å². The van der Waals surface area contributed by atoms with Gasteiger partial charge in [-0.2, -0.15) is 0 Å². The van der Waals surface area contributed by atoms with Gasteiger partial charge < -0.3 is 4.79 Å². The van der Waals surface area contributed by atoms with E-state index in [1.165, 1.54) is 6.42 Å². The number of carbonyl (C=O) groups excluding carboxylic acids is 2. The minimum atomic E-state index is 0.365. The lowest BCUT2D eigenvalue weighted by Gasteiger charge is -2.14. The smallest absolute Gasteiger partial charge is 0.135 e. The van der Waals surface area contributed by atoms with Crippen LogP contribution in [0.2, 0.25) is 0 Å². The maximum atomic E-state index is 10.8. The molecule has 0 N–H and O–H groups in total. The highest BCUT2D eigenvalue weighted by atomic mass is 16.1. The standard InChI is InChI=1S/C7H12O.CH2O/c1-6-4-2-3-5-7(6)8;1-2/h6H,2-5H2,1H3;1H2. The molecule has 0 amide bonds. The summed E-state index contributed by atoms with van der Waals surface area (Å²) in [5.41, 5.74) is 0. The first-order valence-corrected chi connectivity index (χ1v) is 3.62. The average molecular weight is 142 g/mol. The number of rotatable bonds is 0. The number of hydrogen-bond acceptors (Lipinski definition) is 2. The molecule has 1 aliphatic carbocycles. The summed E-state index contributed by atoms with van der Waals surface area (Å²) >= 11 is 0. The lowest BCUT2D eigenvalue weighted by Crippen LogP contribution is -2.14. The molecule has 2 heteroatoms. The molecule has 0 aromatic rings. The summed E-state index contributed by atoms with van der Waals surface area (Å²) in [5, 5.41) is 0. The van der Waals surface area contributed by atoms with Gasteiger partial charge in [-0.3, -0.25) is 4.79 Å². The Morgan fingerprint density at radius 2 is 2.00 bits per heavy atom. The van der Waals surface area contributed by atoms with Crippen molar-refractivity contribution in [2.24, 2.45) is 5.92 Å². The van der Waals surface area contributed by atoms with Crippen LogP contribution in [0.5, 0.6) is 0 Å². The molecule has 0 bridgehead atoms. The number of Topliss-reactive ketones (excluding diaryl/α,β-unsaturated/α-hetero) is 1. The fraction of sp³-hybridized carbons (Fsp3) is 0.750. The third-order valence-corrected chi connectivity index (χ3v) is 1.86. The van der Waals surface area contributed by atoms with Crippen molar-refractivity contribution in [1.29, 1.82) is 0 Å². The Morgan fingerprint density at radius 3 is 2.30 bits per heavy atom. The van der Waals surface area contributed by atoms with Crippen LogP contribution in [0, 0.1) is 5.92 Å². The van der Waals surface area contributed by atoms with Gasteiger partial charge in [-0.05, 0) is 12.8 Å². The molecule has 0 saturated heterocycles. The van der Waals surface area contributed by atoms with Crippen LogP contribution in [0.3, 0.4) is 0 Å². The minimum Gasteiger partial charge on any atom is -0.307 e. The van der Waals surface area contributed by atoms with Gasteiger partial charge in [0.15, 0.2) is 0 Å². The summed E-state index contributed by atoms with van der Waals surface area (Å²) in [6, 6.07) is 0. The van der Waals surface area contributed by atoms with E-state index >= 15 is 0 Å². The molecule has 2 nitrogen and oxygen atoms in total. The van der Waals surface area contributed by atoms with Gasteiger partial charge in [0.05, 0.1) is 0 Å². The van der Waals surface area contributed by atoms with E-state index in [0.29, 0.717) is 11.7 Å². The lowest BCUT2D eigenvalue weighted by atomic mass is 9.90. The summed E-state index contributed by atoms with van der Waals surface area (Å²) in [6.45, 7) is 4.03. The lowest BCUT2D eigenvalue weighted by molar-refractivity contribution is -0.123. The van der Waals surface area contributed by atoms with E-state index in [2.05, 4.69) is 0 Å². The van der Waals surface area contributed by atoms with Crippen LogP contribution in [-0.4, -0.2) is 12.6 Å². The second kappa shape index (κ2) is 5.15. The Kier molecular flexibility index (Phi) is 4.81. The Labute approximate surface area is 61.6 Å². The molecule has 1 unspecified atom stereocenters. The van der Waals surface area contributed by atoms with Crippen molar-refractivity contribution in [1.82, 2.24) is 0 Å². The van der Waals surface area contributed by atoms with Crippen LogP contribution in [0.4, 0.5) is 0 Å². The summed E-state index contributed by atoms with van der Waals surface area (Å²) in [4.78, 5) is 18.8. The van der Waals surface area contributed by atoms with Gasteiger partial charge in [0.1, 0.15) is 12.6 Å². The molecule has 1 rings (SSSR count). The van der Waals surface area contributed by atoms with Crippen LogP contribution >= 0.6 is 0 Å². The molecule has 0 spiro atoms. The van der Waals surface area contributed by atoms with Gasteiger partial charge in [0.25, 0.3) is 0 Å². The number of ketones is 1. The van der Waals surface area contributed by atoms with Gasteiger partial charge in [-0.1, -0.05) is 13.3 Å². The van der Waals surface area contributed by atoms with Crippen molar-refractivity contribution in [3.05, 3.63) is 0 Å². The maximum Gasteiger partial charge on any atom is 0.135 e.